The van der Waals surface area contributed by atoms with E-state index in [9.17, 15) is 0 Å². The largest absolute Gasteiger partial charge is 0.457 e. The van der Waals surface area contributed by atoms with Gasteiger partial charge in [-0.05, 0) is 35.3 Å². The number of ether oxygens (including phenoxy) is 1. The highest BCUT2D eigenvalue weighted by Crippen LogP contribution is 2.20. The first-order chi connectivity index (χ1) is 7.92. The third kappa shape index (κ3) is 1.72. The maximum atomic E-state index is 5.75. The van der Waals surface area contributed by atoms with Crippen LogP contribution in [0.1, 0.15) is 5.56 Å². The van der Waals surface area contributed by atoms with Crippen molar-refractivity contribution in [1.82, 2.24) is 0 Å². The van der Waals surface area contributed by atoms with E-state index in [1.165, 1.54) is 11.0 Å². The zero-order valence-electron chi connectivity index (χ0n) is 8.76. The molecule has 1 heterocycles. The van der Waals surface area contributed by atoms with E-state index in [0.29, 0.717) is 0 Å². The summed E-state index contributed by atoms with van der Waals surface area (Å²) in [5, 5.41) is 0. The van der Waals surface area contributed by atoms with Crippen LogP contribution in [-0.2, 0) is 0 Å². The standard InChI is InChI=1S/C13H10BNO/c1-2-4-11(5-3-1)16-12-7-6-10-9-15-14-13(10)8-12/h1-9,14H. The number of nitrogens with zero attached hydrogens (tertiary/aromatic N) is 1. The molecule has 1 aliphatic heterocycles. The van der Waals surface area contributed by atoms with Gasteiger partial charge in [0.2, 0.25) is 0 Å². The van der Waals surface area contributed by atoms with Crippen LogP contribution in [0.4, 0.5) is 0 Å². The van der Waals surface area contributed by atoms with Crippen LogP contribution in [0.25, 0.3) is 0 Å². The summed E-state index contributed by atoms with van der Waals surface area (Å²) < 4.78 is 5.75. The van der Waals surface area contributed by atoms with Gasteiger partial charge in [-0.15, -0.1) is 0 Å². The molecule has 2 aromatic rings. The summed E-state index contributed by atoms with van der Waals surface area (Å²) >= 11 is 0. The van der Waals surface area contributed by atoms with Gasteiger partial charge in [0.1, 0.15) is 11.5 Å². The molecule has 0 atom stereocenters. The molecule has 0 N–H and O–H groups in total. The van der Waals surface area contributed by atoms with Crippen molar-refractivity contribution in [3.05, 3.63) is 54.1 Å². The van der Waals surface area contributed by atoms with Gasteiger partial charge >= 0.3 is 0 Å². The second-order valence-electron chi connectivity index (χ2n) is 3.75. The molecule has 3 heteroatoms. The number of hydrogen-bond donors (Lipinski definition) is 0. The second-order valence-corrected chi connectivity index (χ2v) is 3.75. The molecule has 0 aliphatic carbocycles. The molecule has 2 aromatic carbocycles. The first kappa shape index (κ1) is 9.22. The summed E-state index contributed by atoms with van der Waals surface area (Å²) in [5.74, 6) is 1.73. The van der Waals surface area contributed by atoms with Crippen molar-refractivity contribution in [1.29, 1.82) is 0 Å². The topological polar surface area (TPSA) is 21.6 Å². The SMILES string of the molecule is B1N=Cc2ccc(Oc3ccccc3)cc21. The summed E-state index contributed by atoms with van der Waals surface area (Å²) in [4.78, 5) is 4.22. The summed E-state index contributed by atoms with van der Waals surface area (Å²) in [6.45, 7) is 0. The molecular weight excluding hydrogens is 197 g/mol. The predicted molar refractivity (Wildman–Crippen MR) is 67.3 cm³/mol. The third-order valence-corrected chi connectivity index (χ3v) is 2.59. The molecule has 0 amide bonds. The molecular formula is C13H10BNO. The molecule has 3 rings (SSSR count). The van der Waals surface area contributed by atoms with Gasteiger partial charge in [-0.25, -0.2) is 0 Å². The average molecular weight is 207 g/mol. The van der Waals surface area contributed by atoms with E-state index in [2.05, 4.69) is 11.0 Å². The zero-order valence-corrected chi connectivity index (χ0v) is 8.76. The first-order valence-corrected chi connectivity index (χ1v) is 5.27. The second kappa shape index (κ2) is 3.85. The Morgan fingerprint density at radius 1 is 0.938 bits per heavy atom. The Morgan fingerprint density at radius 2 is 1.81 bits per heavy atom. The molecule has 76 valence electrons. The van der Waals surface area contributed by atoms with Gasteiger partial charge in [-0.2, -0.15) is 0 Å². The summed E-state index contributed by atoms with van der Waals surface area (Å²) in [5.41, 5.74) is 2.42. The fourth-order valence-corrected chi connectivity index (χ4v) is 1.78. The molecule has 0 saturated carbocycles. The van der Waals surface area contributed by atoms with Gasteiger partial charge in [0.25, 0.3) is 7.41 Å². The maximum Gasteiger partial charge on any atom is 0.295 e. The molecule has 0 unspecified atom stereocenters. The molecule has 0 bridgehead atoms. The zero-order chi connectivity index (χ0) is 10.8. The van der Waals surface area contributed by atoms with Crippen molar-refractivity contribution in [3.63, 3.8) is 0 Å². The van der Waals surface area contributed by atoms with Crippen molar-refractivity contribution in [2.24, 2.45) is 4.90 Å². The minimum atomic E-state index is 0.765. The highest BCUT2D eigenvalue weighted by Gasteiger charge is 2.08. The molecule has 0 saturated heterocycles. The van der Waals surface area contributed by atoms with E-state index in [-0.39, 0.29) is 0 Å². The first-order valence-electron chi connectivity index (χ1n) is 5.27. The van der Waals surface area contributed by atoms with Crippen LogP contribution in [-0.4, -0.2) is 13.6 Å². The van der Waals surface area contributed by atoms with E-state index in [4.69, 9.17) is 4.74 Å². The Kier molecular flexibility index (Phi) is 2.22. The average Bonchev–Trinajstić information content (AvgIpc) is 2.77. The highest BCUT2D eigenvalue weighted by molar-refractivity contribution is 6.57. The van der Waals surface area contributed by atoms with Crippen molar-refractivity contribution in [2.45, 2.75) is 0 Å². The third-order valence-electron chi connectivity index (χ3n) is 2.59. The van der Waals surface area contributed by atoms with E-state index >= 15 is 0 Å². The summed E-state index contributed by atoms with van der Waals surface area (Å²) in [6.07, 6.45) is 1.90. The predicted octanol–water partition coefficient (Wildman–Crippen LogP) is 1.89. The number of hydrogen-bond acceptors (Lipinski definition) is 2. The van der Waals surface area contributed by atoms with Gasteiger partial charge in [0.15, 0.2) is 0 Å². The van der Waals surface area contributed by atoms with Crippen molar-refractivity contribution >= 4 is 19.1 Å². The van der Waals surface area contributed by atoms with Crippen LogP contribution < -0.4 is 10.2 Å². The summed E-state index contributed by atoms with van der Waals surface area (Å²) in [7, 11) is 0.765. The smallest absolute Gasteiger partial charge is 0.295 e. The number of para-hydroxylation sites is 1. The Hall–Kier alpha value is -2.03. The van der Waals surface area contributed by atoms with Gasteiger partial charge in [-0.3, -0.25) is 0 Å². The van der Waals surface area contributed by atoms with Crippen molar-refractivity contribution in [2.75, 3.05) is 0 Å². The minimum Gasteiger partial charge on any atom is -0.457 e. The molecule has 0 radical (unpaired) electrons. The number of benzene rings is 2. The lowest BCUT2D eigenvalue weighted by atomic mass is 9.84. The van der Waals surface area contributed by atoms with Crippen LogP contribution in [0.5, 0.6) is 11.5 Å². The van der Waals surface area contributed by atoms with Crippen molar-refractivity contribution < 1.29 is 4.74 Å². The minimum absolute atomic E-state index is 0.765. The quantitative estimate of drug-likeness (QED) is 0.689. The molecule has 0 spiro atoms. The van der Waals surface area contributed by atoms with Crippen LogP contribution in [0.3, 0.4) is 0 Å². The molecule has 0 fully saturated rings. The lowest BCUT2D eigenvalue weighted by Crippen LogP contribution is -2.11. The maximum absolute atomic E-state index is 5.75. The van der Waals surface area contributed by atoms with Gasteiger partial charge < -0.3 is 9.64 Å². The van der Waals surface area contributed by atoms with Gasteiger partial charge in [0, 0.05) is 6.21 Å². The normalized spacial score (nSPS) is 12.0. The Bertz CT molecular complexity index is 537. The molecule has 0 aromatic heterocycles. The van der Waals surface area contributed by atoms with Crippen LogP contribution in [0.15, 0.2) is 53.4 Å². The van der Waals surface area contributed by atoms with Gasteiger partial charge in [0.05, 0.1) is 0 Å². The fourth-order valence-electron chi connectivity index (χ4n) is 1.78. The van der Waals surface area contributed by atoms with Crippen LogP contribution >= 0.6 is 0 Å². The Balaban J connectivity index is 1.87. The monoisotopic (exact) mass is 207 g/mol. The van der Waals surface area contributed by atoms with E-state index < -0.39 is 0 Å². The number of fused-ring (bicyclic) bond motifs is 1. The lowest BCUT2D eigenvalue weighted by Gasteiger charge is -2.06. The number of rotatable bonds is 2. The fraction of sp³-hybridized carbons (Fsp3) is 0. The Labute approximate surface area is 94.9 Å². The van der Waals surface area contributed by atoms with Gasteiger partial charge in [-0.1, -0.05) is 24.3 Å². The molecule has 1 aliphatic rings. The van der Waals surface area contributed by atoms with E-state index in [1.54, 1.807) is 0 Å². The molecule has 2 nitrogen and oxygen atoms in total. The van der Waals surface area contributed by atoms with Crippen LogP contribution in [0.2, 0.25) is 0 Å². The van der Waals surface area contributed by atoms with E-state index in [1.807, 2.05) is 48.7 Å². The van der Waals surface area contributed by atoms with Crippen molar-refractivity contribution in [3.8, 4) is 11.5 Å². The summed E-state index contributed by atoms with van der Waals surface area (Å²) in [6, 6.07) is 15.9. The molecule has 16 heavy (non-hydrogen) atoms. The van der Waals surface area contributed by atoms with E-state index in [0.717, 1.165) is 18.9 Å². The Morgan fingerprint density at radius 3 is 2.69 bits per heavy atom. The van der Waals surface area contributed by atoms with Crippen LogP contribution in [0, 0.1) is 0 Å². The lowest BCUT2D eigenvalue weighted by molar-refractivity contribution is 0.483. The highest BCUT2D eigenvalue weighted by atomic mass is 16.5.